The Morgan fingerprint density at radius 2 is 1.94 bits per heavy atom. The van der Waals surface area contributed by atoms with Gasteiger partial charge in [0, 0.05) is 11.8 Å². The van der Waals surface area contributed by atoms with Crippen LogP contribution in [0, 0.1) is 0 Å². The first-order valence-electron chi connectivity index (χ1n) is 11.3. The molecule has 2 aromatic heterocycles. The van der Waals surface area contributed by atoms with Crippen molar-refractivity contribution in [3.63, 3.8) is 0 Å². The molecule has 1 unspecified atom stereocenters. The lowest BCUT2D eigenvalue weighted by Gasteiger charge is -2.22. The van der Waals surface area contributed by atoms with Gasteiger partial charge in [-0.05, 0) is 24.4 Å². The molecule has 5 atom stereocenters. The second kappa shape index (κ2) is 10.7. The summed E-state index contributed by atoms with van der Waals surface area (Å²) in [5.74, 6) is -2.84. The molecule has 2 fully saturated rings. The molecule has 5 N–H and O–H groups in total. The van der Waals surface area contributed by atoms with E-state index in [2.05, 4.69) is 25.6 Å². The monoisotopic (exact) mass is 570 g/mol. The number of halogens is 1. The average molecular weight is 571 g/mol. The third-order valence-corrected chi connectivity index (χ3v) is 9.42. The average Bonchev–Trinajstić information content (AvgIpc) is 3.52. The normalized spacial score (nSPS) is 26.6. The number of ether oxygens (including phenoxy) is 2. The summed E-state index contributed by atoms with van der Waals surface area (Å²) >= 11 is 6.10. The van der Waals surface area contributed by atoms with Crippen LogP contribution in [0.5, 0.6) is 0 Å². The van der Waals surface area contributed by atoms with Crippen LogP contribution in [-0.2, 0) is 23.9 Å². The Bertz CT molecular complexity index is 1240. The molecule has 1 saturated heterocycles. The first kappa shape index (κ1) is 27.5. The van der Waals surface area contributed by atoms with Crippen LogP contribution in [0.3, 0.4) is 0 Å². The van der Waals surface area contributed by atoms with Crippen molar-refractivity contribution in [3.8, 4) is 0 Å². The number of hydrogen-bond donors (Lipinski definition) is 5. The van der Waals surface area contributed by atoms with Gasteiger partial charge in [0.25, 0.3) is 0 Å². The number of fused-ring (bicyclic) bond motifs is 1. The number of anilines is 1. The van der Waals surface area contributed by atoms with Crippen molar-refractivity contribution >= 4 is 46.0 Å². The van der Waals surface area contributed by atoms with Crippen LogP contribution in [-0.4, -0.2) is 102 Å². The van der Waals surface area contributed by atoms with Crippen LogP contribution in [0.15, 0.2) is 0 Å². The minimum Gasteiger partial charge on any atom is -0.387 e. The number of aliphatic hydroxyl groups excluding tert-OH is 2. The summed E-state index contributed by atoms with van der Waals surface area (Å²) in [4.78, 5) is 27.4. The fraction of sp³-hybridized carbons (Fsp3) is 0.778. The molecule has 2 aromatic rings. The number of sulfone groups is 1. The number of aliphatic hydroxyl groups is 2. The summed E-state index contributed by atoms with van der Waals surface area (Å²) in [6.07, 6.45) is -1.56. The van der Waals surface area contributed by atoms with E-state index in [0.717, 1.165) is 30.4 Å². The number of aromatic nitrogens is 5. The highest BCUT2D eigenvalue weighted by atomic mass is 35.5. The zero-order valence-electron chi connectivity index (χ0n) is 19.2. The topological polar surface area (TPSA) is 219 Å². The molecule has 0 aromatic carbocycles. The molecule has 36 heavy (non-hydrogen) atoms. The highest BCUT2D eigenvalue weighted by Crippen LogP contribution is 2.43. The Balaban J connectivity index is 1.52. The predicted molar refractivity (Wildman–Crippen MR) is 126 cm³/mol. The third kappa shape index (κ3) is 5.97. The summed E-state index contributed by atoms with van der Waals surface area (Å²) in [5.41, 5.74) is 0.415. The minimum absolute atomic E-state index is 0.0962. The van der Waals surface area contributed by atoms with Crippen LogP contribution < -0.4 is 5.32 Å². The van der Waals surface area contributed by atoms with E-state index in [9.17, 15) is 33.0 Å². The van der Waals surface area contributed by atoms with Crippen LogP contribution in [0.4, 0.5) is 5.82 Å². The van der Waals surface area contributed by atoms with Gasteiger partial charge in [0.15, 0.2) is 38.9 Å². The second-order valence-electron chi connectivity index (χ2n) is 8.80. The lowest BCUT2D eigenvalue weighted by molar-refractivity contribution is -0.0744. The van der Waals surface area contributed by atoms with Gasteiger partial charge in [-0.3, -0.25) is 4.57 Å². The molecule has 0 radical (unpaired) electrons. The molecule has 4 rings (SSSR count). The maximum absolute atomic E-state index is 11.9. The quantitative estimate of drug-likeness (QED) is 0.184. The van der Waals surface area contributed by atoms with Crippen molar-refractivity contribution in [2.75, 3.05) is 23.4 Å². The summed E-state index contributed by atoms with van der Waals surface area (Å²) in [6, 6.07) is 0.194. The molecule has 202 valence electrons. The Kier molecular flexibility index (Phi) is 8.19. The SMILES string of the molecule is CCS(=O)(=O)CC(OC[C@H]1O[C@@H](n2nnc3c(NC4CCCC4)nc(Cl)nc32)[C@H](O)[C@@H]1O)P(=O)(O)O. The third-order valence-electron chi connectivity index (χ3n) is 6.24. The minimum atomic E-state index is -4.96. The summed E-state index contributed by atoms with van der Waals surface area (Å²) in [7, 11) is -8.75. The van der Waals surface area contributed by atoms with Gasteiger partial charge in [0.05, 0.1) is 12.4 Å². The zero-order chi connectivity index (χ0) is 26.3. The number of nitrogens with zero attached hydrogens (tertiary/aromatic N) is 5. The van der Waals surface area contributed by atoms with E-state index in [1.807, 2.05) is 0 Å². The Labute approximate surface area is 211 Å². The van der Waals surface area contributed by atoms with E-state index in [1.165, 1.54) is 6.92 Å². The van der Waals surface area contributed by atoms with Crippen molar-refractivity contribution in [1.82, 2.24) is 25.0 Å². The highest BCUT2D eigenvalue weighted by Gasteiger charge is 2.46. The van der Waals surface area contributed by atoms with Crippen LogP contribution >= 0.6 is 19.2 Å². The van der Waals surface area contributed by atoms with Crippen molar-refractivity contribution in [1.29, 1.82) is 0 Å². The second-order valence-corrected chi connectivity index (χ2v) is 13.3. The lowest BCUT2D eigenvalue weighted by atomic mass is 10.1. The van der Waals surface area contributed by atoms with E-state index in [1.54, 1.807) is 0 Å². The van der Waals surface area contributed by atoms with Gasteiger partial charge in [-0.2, -0.15) is 14.6 Å². The smallest absolute Gasteiger partial charge is 0.355 e. The predicted octanol–water partition coefficient (Wildman–Crippen LogP) is -0.197. The maximum atomic E-state index is 11.9. The van der Waals surface area contributed by atoms with Gasteiger partial charge in [-0.25, -0.2) is 8.42 Å². The molecule has 3 heterocycles. The molecule has 1 aliphatic heterocycles. The molecule has 0 amide bonds. The van der Waals surface area contributed by atoms with Gasteiger partial charge >= 0.3 is 7.60 Å². The number of rotatable bonds is 10. The number of nitrogens with one attached hydrogen (secondary N) is 1. The molecule has 0 bridgehead atoms. The fourth-order valence-corrected chi connectivity index (χ4v) is 6.86. The molecular weight excluding hydrogens is 543 g/mol. The molecular formula is C18H28ClN6O9PS. The molecule has 1 aliphatic carbocycles. The molecule has 0 spiro atoms. The number of hydrogen-bond acceptors (Lipinski definition) is 12. The van der Waals surface area contributed by atoms with Crippen molar-refractivity contribution in [2.24, 2.45) is 0 Å². The standard InChI is InChI=1S/C18H28ClN6O9PS/c1-2-36(31,32)8-11(35(28,29)30)33-7-10-13(26)14(27)17(34-10)25-16-12(23-24-25)15(21-18(19)22-16)20-9-5-3-4-6-9/h9-11,13-14,17,26-27H,2-8H2,1H3,(H,20,21,22)(H2,28,29,30)/t10-,11?,13-,14-,17-/m1/s1. The van der Waals surface area contributed by atoms with Crippen LogP contribution in [0.25, 0.3) is 11.2 Å². The van der Waals surface area contributed by atoms with Crippen LogP contribution in [0.2, 0.25) is 5.28 Å². The Morgan fingerprint density at radius 1 is 1.25 bits per heavy atom. The molecule has 1 saturated carbocycles. The fourth-order valence-electron chi connectivity index (χ4n) is 4.19. The van der Waals surface area contributed by atoms with Gasteiger partial charge in [0.1, 0.15) is 18.3 Å². The van der Waals surface area contributed by atoms with Gasteiger partial charge in [0.2, 0.25) is 5.28 Å². The van der Waals surface area contributed by atoms with E-state index in [4.69, 9.17) is 21.1 Å². The Hall–Kier alpha value is -1.49. The summed E-state index contributed by atoms with van der Waals surface area (Å²) in [6.45, 7) is 0.727. The summed E-state index contributed by atoms with van der Waals surface area (Å²) in [5, 5.41) is 32.4. The first-order valence-corrected chi connectivity index (χ1v) is 15.2. The largest absolute Gasteiger partial charge is 0.387 e. The van der Waals surface area contributed by atoms with E-state index in [-0.39, 0.29) is 28.2 Å². The highest BCUT2D eigenvalue weighted by molar-refractivity contribution is 7.91. The van der Waals surface area contributed by atoms with Gasteiger partial charge in [-0.15, -0.1) is 5.10 Å². The van der Waals surface area contributed by atoms with Crippen LogP contribution in [0.1, 0.15) is 38.8 Å². The zero-order valence-corrected chi connectivity index (χ0v) is 21.7. The molecule has 15 nitrogen and oxygen atoms in total. The van der Waals surface area contributed by atoms with Crippen molar-refractivity contribution < 1.29 is 42.5 Å². The Morgan fingerprint density at radius 3 is 2.58 bits per heavy atom. The summed E-state index contributed by atoms with van der Waals surface area (Å²) < 4.78 is 47.5. The molecule has 18 heteroatoms. The van der Waals surface area contributed by atoms with Crippen molar-refractivity contribution in [2.45, 2.75) is 69.0 Å². The maximum Gasteiger partial charge on any atom is 0.355 e. The van der Waals surface area contributed by atoms with Crippen molar-refractivity contribution in [3.05, 3.63) is 5.28 Å². The van der Waals surface area contributed by atoms with E-state index >= 15 is 0 Å². The van der Waals surface area contributed by atoms with E-state index < -0.39 is 60.2 Å². The molecule has 2 aliphatic rings. The first-order chi connectivity index (χ1) is 16.9. The van der Waals surface area contributed by atoms with Gasteiger partial charge in [-0.1, -0.05) is 25.0 Å². The lowest BCUT2D eigenvalue weighted by Crippen LogP contribution is -2.36. The van der Waals surface area contributed by atoms with Gasteiger partial charge < -0.3 is 34.8 Å². The van der Waals surface area contributed by atoms with E-state index in [0.29, 0.717) is 5.82 Å².